The van der Waals surface area contributed by atoms with Gasteiger partial charge in [-0.05, 0) is 36.8 Å². The molecule has 0 aliphatic rings. The number of aromatic nitrogens is 3. The van der Waals surface area contributed by atoms with Gasteiger partial charge in [-0.25, -0.2) is 0 Å². The smallest absolute Gasteiger partial charge is 0.252 e. The fourth-order valence-electron chi connectivity index (χ4n) is 2.51. The topological polar surface area (TPSA) is 79.5 Å². The Kier molecular flexibility index (Phi) is 4.90. The predicted molar refractivity (Wildman–Crippen MR) is 80.0 cm³/mol. The molecule has 0 aromatic carbocycles. The summed E-state index contributed by atoms with van der Waals surface area (Å²) in [7, 11) is 0. The lowest BCUT2D eigenvalue weighted by Crippen LogP contribution is -2.37. The molecule has 21 heavy (non-hydrogen) atoms. The first kappa shape index (κ1) is 15.4. The summed E-state index contributed by atoms with van der Waals surface area (Å²) in [5, 5.41) is 19.9. The molecule has 2 rings (SSSR count). The number of nitrogens with zero attached hydrogens (tertiary/aromatic N) is 3. The largest absolute Gasteiger partial charge is 0.396 e. The Morgan fingerprint density at radius 3 is 2.81 bits per heavy atom. The SMILES string of the molecule is CCC(CC)(CCO)CNC(=O)c1ccc2nncn2c1. The molecule has 1 amide bonds. The van der Waals surface area contributed by atoms with Crippen LogP contribution in [-0.2, 0) is 0 Å². The van der Waals surface area contributed by atoms with Gasteiger partial charge >= 0.3 is 0 Å². The number of fused-ring (bicyclic) bond motifs is 1. The van der Waals surface area contributed by atoms with E-state index in [9.17, 15) is 9.90 Å². The summed E-state index contributed by atoms with van der Waals surface area (Å²) in [5.74, 6) is -0.116. The van der Waals surface area contributed by atoms with Gasteiger partial charge in [-0.3, -0.25) is 9.20 Å². The normalized spacial score (nSPS) is 11.8. The molecule has 0 saturated carbocycles. The van der Waals surface area contributed by atoms with Gasteiger partial charge in [-0.1, -0.05) is 13.8 Å². The third-order valence-corrected chi connectivity index (χ3v) is 4.32. The van der Waals surface area contributed by atoms with Crippen molar-refractivity contribution in [3.63, 3.8) is 0 Å². The molecule has 2 N–H and O–H groups in total. The summed E-state index contributed by atoms with van der Waals surface area (Å²) in [6.07, 6.45) is 5.84. The van der Waals surface area contributed by atoms with Crippen LogP contribution in [0, 0.1) is 5.41 Å². The van der Waals surface area contributed by atoms with Gasteiger partial charge in [0.1, 0.15) is 6.33 Å². The van der Waals surface area contributed by atoms with Crippen LogP contribution < -0.4 is 5.32 Å². The van der Waals surface area contributed by atoms with E-state index in [1.165, 1.54) is 0 Å². The predicted octanol–water partition coefficient (Wildman–Crippen LogP) is 1.65. The second-order valence-electron chi connectivity index (χ2n) is 5.38. The Hall–Kier alpha value is -1.95. The first-order chi connectivity index (χ1) is 10.1. The quantitative estimate of drug-likeness (QED) is 0.812. The Morgan fingerprint density at radius 1 is 1.38 bits per heavy atom. The number of amides is 1. The molecule has 0 aliphatic heterocycles. The highest BCUT2D eigenvalue weighted by Crippen LogP contribution is 2.29. The molecular formula is C15H22N4O2. The summed E-state index contributed by atoms with van der Waals surface area (Å²) in [5.41, 5.74) is 1.25. The van der Waals surface area contributed by atoms with E-state index in [0.717, 1.165) is 12.8 Å². The second-order valence-corrected chi connectivity index (χ2v) is 5.38. The van der Waals surface area contributed by atoms with Crippen LogP contribution in [-0.4, -0.2) is 38.8 Å². The highest BCUT2D eigenvalue weighted by Gasteiger charge is 2.26. The van der Waals surface area contributed by atoms with Crippen molar-refractivity contribution < 1.29 is 9.90 Å². The number of pyridine rings is 1. The van der Waals surface area contributed by atoms with Crippen molar-refractivity contribution in [1.82, 2.24) is 19.9 Å². The molecule has 2 aromatic heterocycles. The molecule has 6 nitrogen and oxygen atoms in total. The van der Waals surface area contributed by atoms with Gasteiger partial charge in [-0.15, -0.1) is 10.2 Å². The molecular weight excluding hydrogens is 268 g/mol. The van der Waals surface area contributed by atoms with Crippen LogP contribution in [0.1, 0.15) is 43.5 Å². The van der Waals surface area contributed by atoms with Gasteiger partial charge in [0, 0.05) is 19.3 Å². The fourth-order valence-corrected chi connectivity index (χ4v) is 2.51. The van der Waals surface area contributed by atoms with Crippen LogP contribution in [0.3, 0.4) is 0 Å². The molecule has 0 saturated heterocycles. The third-order valence-electron chi connectivity index (χ3n) is 4.32. The average molecular weight is 290 g/mol. The van der Waals surface area contributed by atoms with E-state index >= 15 is 0 Å². The van der Waals surface area contributed by atoms with Crippen molar-refractivity contribution in [3.8, 4) is 0 Å². The van der Waals surface area contributed by atoms with E-state index in [4.69, 9.17) is 0 Å². The van der Waals surface area contributed by atoms with Crippen LogP contribution in [0.15, 0.2) is 24.7 Å². The summed E-state index contributed by atoms with van der Waals surface area (Å²) in [4.78, 5) is 12.3. The lowest BCUT2D eigenvalue weighted by Gasteiger charge is -2.31. The van der Waals surface area contributed by atoms with Crippen molar-refractivity contribution >= 4 is 11.6 Å². The zero-order valence-electron chi connectivity index (χ0n) is 12.5. The van der Waals surface area contributed by atoms with Crippen molar-refractivity contribution in [2.45, 2.75) is 33.1 Å². The van der Waals surface area contributed by atoms with E-state index in [1.54, 1.807) is 29.1 Å². The zero-order chi connectivity index (χ0) is 15.3. The number of hydrogen-bond donors (Lipinski definition) is 2. The molecule has 0 fully saturated rings. The average Bonchev–Trinajstić information content (AvgIpc) is 2.98. The number of aliphatic hydroxyl groups is 1. The van der Waals surface area contributed by atoms with Crippen LogP contribution in [0.4, 0.5) is 0 Å². The first-order valence-electron chi connectivity index (χ1n) is 7.32. The maximum Gasteiger partial charge on any atom is 0.252 e. The molecule has 0 unspecified atom stereocenters. The molecule has 0 atom stereocenters. The molecule has 0 aliphatic carbocycles. The minimum atomic E-state index is -0.116. The van der Waals surface area contributed by atoms with Crippen LogP contribution >= 0.6 is 0 Å². The molecule has 114 valence electrons. The van der Waals surface area contributed by atoms with Crippen molar-refractivity contribution in [2.75, 3.05) is 13.2 Å². The van der Waals surface area contributed by atoms with Gasteiger partial charge in [0.25, 0.3) is 5.91 Å². The standard InChI is InChI=1S/C15H22N4O2/c1-3-15(4-2,7-8-20)10-16-14(21)12-5-6-13-18-17-11-19(13)9-12/h5-6,9,11,20H,3-4,7-8,10H2,1-2H3,(H,16,21). The number of nitrogens with one attached hydrogen (secondary N) is 1. The van der Waals surface area contributed by atoms with Crippen LogP contribution in [0.25, 0.3) is 5.65 Å². The van der Waals surface area contributed by atoms with Gasteiger partial charge in [-0.2, -0.15) is 0 Å². The van der Waals surface area contributed by atoms with Crippen LogP contribution in [0.5, 0.6) is 0 Å². The van der Waals surface area contributed by atoms with E-state index in [2.05, 4.69) is 29.4 Å². The maximum atomic E-state index is 12.3. The van der Waals surface area contributed by atoms with Gasteiger partial charge < -0.3 is 10.4 Å². The second kappa shape index (κ2) is 6.67. The Balaban J connectivity index is 2.06. The number of carbonyl (C=O) groups excluding carboxylic acids is 1. The highest BCUT2D eigenvalue weighted by molar-refractivity contribution is 5.94. The number of hydrogen-bond acceptors (Lipinski definition) is 4. The van der Waals surface area contributed by atoms with Gasteiger partial charge in [0.05, 0.1) is 5.56 Å². The zero-order valence-corrected chi connectivity index (χ0v) is 12.5. The van der Waals surface area contributed by atoms with E-state index in [0.29, 0.717) is 24.2 Å². The third kappa shape index (κ3) is 3.39. The summed E-state index contributed by atoms with van der Waals surface area (Å²) in [6.45, 7) is 4.90. The Bertz CT molecular complexity index is 604. The molecule has 0 radical (unpaired) electrons. The summed E-state index contributed by atoms with van der Waals surface area (Å²) in [6, 6.07) is 3.51. The number of rotatable bonds is 7. The molecule has 0 spiro atoms. The number of carbonyl (C=O) groups is 1. The van der Waals surface area contributed by atoms with Crippen molar-refractivity contribution in [1.29, 1.82) is 0 Å². The van der Waals surface area contributed by atoms with E-state index < -0.39 is 0 Å². The van der Waals surface area contributed by atoms with Crippen molar-refractivity contribution in [2.24, 2.45) is 5.41 Å². The molecule has 2 aromatic rings. The van der Waals surface area contributed by atoms with E-state index in [1.807, 2.05) is 0 Å². The van der Waals surface area contributed by atoms with Crippen LogP contribution in [0.2, 0.25) is 0 Å². The highest BCUT2D eigenvalue weighted by atomic mass is 16.3. The van der Waals surface area contributed by atoms with Crippen molar-refractivity contribution in [3.05, 3.63) is 30.2 Å². The maximum absolute atomic E-state index is 12.3. The minimum Gasteiger partial charge on any atom is -0.396 e. The minimum absolute atomic E-state index is 0.0366. The summed E-state index contributed by atoms with van der Waals surface area (Å²) >= 11 is 0. The van der Waals surface area contributed by atoms with E-state index in [-0.39, 0.29) is 17.9 Å². The van der Waals surface area contributed by atoms with Gasteiger partial charge in [0.2, 0.25) is 0 Å². The lowest BCUT2D eigenvalue weighted by molar-refractivity contribution is 0.0907. The first-order valence-corrected chi connectivity index (χ1v) is 7.32. The lowest BCUT2D eigenvalue weighted by atomic mass is 9.79. The molecule has 0 bridgehead atoms. The van der Waals surface area contributed by atoms with Gasteiger partial charge in [0.15, 0.2) is 5.65 Å². The summed E-state index contributed by atoms with van der Waals surface area (Å²) < 4.78 is 1.72. The fraction of sp³-hybridized carbons (Fsp3) is 0.533. The molecule has 6 heteroatoms. The monoisotopic (exact) mass is 290 g/mol. The number of aliphatic hydroxyl groups excluding tert-OH is 1. The Labute approximate surface area is 124 Å². The Morgan fingerprint density at radius 2 is 2.14 bits per heavy atom. The molecule has 2 heterocycles.